The predicted octanol–water partition coefficient (Wildman–Crippen LogP) is 17.8. The zero-order valence-corrected chi connectivity index (χ0v) is 49.7. The van der Waals surface area contributed by atoms with Crippen LogP contribution >= 0.6 is 45.9 Å². The van der Waals surface area contributed by atoms with Crippen LogP contribution < -0.4 is 0 Å². The molecule has 2 aromatic heterocycles. The van der Waals surface area contributed by atoms with Gasteiger partial charge in [-0.25, -0.2) is 0 Å². The van der Waals surface area contributed by atoms with Crippen LogP contribution in [-0.2, 0) is 44.6 Å². The average Bonchev–Trinajstić information content (AvgIpc) is 3.94. The van der Waals surface area contributed by atoms with Gasteiger partial charge in [-0.3, -0.25) is 0 Å². The first-order valence-electron chi connectivity index (χ1n) is 25.9. The molecule has 0 spiro atoms. The third-order valence-electron chi connectivity index (χ3n) is 12.1. The van der Waals surface area contributed by atoms with E-state index in [0.717, 1.165) is 106 Å². The van der Waals surface area contributed by atoms with Gasteiger partial charge in [0.25, 0.3) is 0 Å². The molecule has 0 saturated heterocycles. The van der Waals surface area contributed by atoms with Gasteiger partial charge in [0.2, 0.25) is 0 Å². The van der Waals surface area contributed by atoms with Crippen molar-refractivity contribution in [3.05, 3.63) is 209 Å². The van der Waals surface area contributed by atoms with Crippen molar-refractivity contribution in [2.45, 2.75) is 121 Å². The molecular formula is C62H82Cl2N4O4S2. The molecule has 0 unspecified atom stereocenters. The molecule has 0 fully saturated rings. The first-order valence-corrected chi connectivity index (χ1v) is 28.4. The number of benzene rings is 2. The Kier molecular flexibility index (Phi) is 24.0. The van der Waals surface area contributed by atoms with Crippen molar-refractivity contribution in [3.8, 4) is 0 Å². The van der Waals surface area contributed by atoms with Gasteiger partial charge in [-0.1, -0.05) is 127 Å². The van der Waals surface area contributed by atoms with Crippen molar-refractivity contribution < 1.29 is 18.9 Å². The quantitative estimate of drug-likeness (QED) is 0.110. The molecule has 1 aliphatic rings. The molecule has 3 heterocycles. The van der Waals surface area contributed by atoms with Crippen LogP contribution in [0.1, 0.15) is 127 Å². The number of hydrogen-bond acceptors (Lipinski definition) is 10. The van der Waals surface area contributed by atoms with Crippen molar-refractivity contribution in [3.63, 3.8) is 0 Å². The van der Waals surface area contributed by atoms with Crippen LogP contribution in [0.4, 0.5) is 0 Å². The van der Waals surface area contributed by atoms with E-state index in [1.165, 1.54) is 20.9 Å². The Morgan fingerprint density at radius 2 is 0.662 bits per heavy atom. The predicted molar refractivity (Wildman–Crippen MR) is 314 cm³/mol. The molecule has 0 radical (unpaired) electrons. The second-order valence-corrected chi connectivity index (χ2v) is 24.0. The third kappa shape index (κ3) is 20.5. The van der Waals surface area contributed by atoms with Gasteiger partial charge in [0, 0.05) is 88.4 Å². The molecule has 0 N–H and O–H groups in total. The van der Waals surface area contributed by atoms with Crippen molar-refractivity contribution in [1.29, 1.82) is 0 Å². The van der Waals surface area contributed by atoms with E-state index >= 15 is 0 Å². The summed E-state index contributed by atoms with van der Waals surface area (Å²) in [5.41, 5.74) is 8.76. The summed E-state index contributed by atoms with van der Waals surface area (Å²) in [6.45, 7) is 21.8. The molecule has 0 aliphatic carbocycles. The fourth-order valence-corrected chi connectivity index (χ4v) is 10.5. The molecule has 5 rings (SSSR count). The molecule has 2 aromatic carbocycles. The number of nitrogens with zero attached hydrogens (tertiary/aromatic N) is 4. The second kappa shape index (κ2) is 29.7. The largest absolute Gasteiger partial charge is 0.466 e. The fourth-order valence-electron chi connectivity index (χ4n) is 8.21. The Balaban J connectivity index is 1.57. The van der Waals surface area contributed by atoms with E-state index in [4.69, 9.17) is 42.1 Å². The number of thiophene rings is 2. The monoisotopic (exact) mass is 1080 g/mol. The molecule has 0 bridgehead atoms. The van der Waals surface area contributed by atoms with Gasteiger partial charge in [0.15, 0.2) is 0 Å². The van der Waals surface area contributed by atoms with Gasteiger partial charge in [-0.2, -0.15) is 0 Å². The molecule has 8 nitrogen and oxygen atoms in total. The van der Waals surface area contributed by atoms with Crippen LogP contribution in [0.5, 0.6) is 0 Å². The number of ether oxygens (including phenoxy) is 4. The van der Waals surface area contributed by atoms with E-state index in [0.29, 0.717) is 36.5 Å². The molecule has 0 amide bonds. The lowest BCUT2D eigenvalue weighted by Gasteiger charge is -2.25. The van der Waals surface area contributed by atoms with Gasteiger partial charge in [-0.05, 0) is 108 Å². The van der Waals surface area contributed by atoms with Crippen LogP contribution in [0, 0.1) is 23.7 Å². The van der Waals surface area contributed by atoms with Crippen LogP contribution in [0.15, 0.2) is 167 Å². The first kappa shape index (κ1) is 59.6. The Hall–Kier alpha value is -5.26. The van der Waals surface area contributed by atoms with Crippen molar-refractivity contribution >= 4 is 45.9 Å². The first-order chi connectivity index (χ1) is 35.2. The summed E-state index contributed by atoms with van der Waals surface area (Å²) >= 11 is 16.3. The van der Waals surface area contributed by atoms with Crippen LogP contribution in [0.3, 0.4) is 0 Å². The lowest BCUT2D eigenvalue weighted by Crippen LogP contribution is -2.17. The Labute approximate surface area is 463 Å². The van der Waals surface area contributed by atoms with Crippen molar-refractivity contribution in [1.82, 2.24) is 19.6 Å². The van der Waals surface area contributed by atoms with E-state index in [-0.39, 0.29) is 0 Å². The van der Waals surface area contributed by atoms with E-state index in [1.54, 1.807) is 22.7 Å². The summed E-state index contributed by atoms with van der Waals surface area (Å²) in [6.07, 6.45) is 21.7. The summed E-state index contributed by atoms with van der Waals surface area (Å²) in [4.78, 5) is 10.8. The van der Waals surface area contributed by atoms with E-state index < -0.39 is 0 Å². The number of halogens is 2. The minimum Gasteiger partial charge on any atom is -0.466 e. The van der Waals surface area contributed by atoms with Gasteiger partial charge < -0.3 is 38.5 Å². The zero-order chi connectivity index (χ0) is 53.9. The smallest absolute Gasteiger partial charge is 0.124 e. The molecule has 4 aromatic rings. The zero-order valence-electron chi connectivity index (χ0n) is 46.5. The summed E-state index contributed by atoms with van der Waals surface area (Å²) in [5, 5.41) is 5.72. The molecule has 0 saturated carbocycles. The van der Waals surface area contributed by atoms with E-state index in [9.17, 15) is 0 Å². The topological polar surface area (TPSA) is 49.9 Å². The lowest BCUT2D eigenvalue weighted by molar-refractivity contribution is 0.287. The summed E-state index contributed by atoms with van der Waals surface area (Å²) in [5.74, 6) is 4.55. The molecular weight excluding hydrogens is 1000 g/mol. The van der Waals surface area contributed by atoms with Crippen molar-refractivity contribution in [2.24, 2.45) is 23.7 Å². The maximum Gasteiger partial charge on any atom is 0.124 e. The maximum atomic E-state index is 6.79. The van der Waals surface area contributed by atoms with Gasteiger partial charge in [-0.15, -0.1) is 22.7 Å². The second-order valence-electron chi connectivity index (χ2n) is 21.1. The average molecular weight is 1080 g/mol. The number of allylic oxidation sites excluding steroid dienone is 8. The van der Waals surface area contributed by atoms with E-state index in [2.05, 4.69) is 164 Å². The van der Waals surface area contributed by atoms with Gasteiger partial charge >= 0.3 is 0 Å². The van der Waals surface area contributed by atoms with Gasteiger partial charge in [0.05, 0.1) is 32.8 Å². The maximum absolute atomic E-state index is 6.79. The van der Waals surface area contributed by atoms with Crippen LogP contribution in [-0.4, -0.2) is 47.8 Å². The molecule has 0 atom stereocenters. The van der Waals surface area contributed by atoms with Crippen molar-refractivity contribution in [2.75, 3.05) is 28.2 Å². The molecule has 1 aliphatic heterocycles. The Morgan fingerprint density at radius 3 is 0.932 bits per heavy atom. The van der Waals surface area contributed by atoms with Crippen LogP contribution in [0.25, 0.3) is 0 Å². The highest BCUT2D eigenvalue weighted by Gasteiger charge is 2.16. The van der Waals surface area contributed by atoms with E-state index in [1.807, 2.05) is 74.2 Å². The van der Waals surface area contributed by atoms with Crippen LogP contribution in [0.2, 0.25) is 10.0 Å². The third-order valence-corrected chi connectivity index (χ3v) is 14.9. The molecule has 400 valence electrons. The Bertz CT molecular complexity index is 2450. The summed E-state index contributed by atoms with van der Waals surface area (Å²) < 4.78 is 26.6. The fraction of sp³-hybridized carbons (Fsp3) is 0.419. The summed E-state index contributed by atoms with van der Waals surface area (Å²) in [6, 6.07) is 21.4. The SMILES string of the molecule is CC1=CN(C)C(CC(C)C)=COC(Cc2ccc(Cc3sccc3Cl)cc2)=CN(C)C(CC(C)C)=COC(C)=CN(C)C(CC(C)C)=COC(Cc2ccc(Cc3sccc3Cl)cc2)=CN(C)C(CC(C)C)=CO1. The Morgan fingerprint density at radius 1 is 0.392 bits per heavy atom. The van der Waals surface area contributed by atoms with Gasteiger partial charge in [0.1, 0.15) is 48.1 Å². The molecule has 74 heavy (non-hydrogen) atoms. The standard InChI is InChI=1S/C62H82Cl2N4O4S2/c1-43(2)27-53-39-69-47(9)35-65(11)56(30-46(7)8)42-72-58(32-50-17-21-52(22-18-50)34-62-60(64)24-26-74-62)38-68(14)54(28-44(3)4)40-70-48(10)36-66(12)55(29-45(5)6)41-71-57(37-67(53)13)31-49-15-19-51(20-16-49)33-61-59(63)23-25-73-61/h15-26,35-46H,27-34H2,1-14H3. The minimum atomic E-state index is 0.371. The highest BCUT2D eigenvalue weighted by atomic mass is 35.5. The molecule has 12 heteroatoms. The highest BCUT2D eigenvalue weighted by molar-refractivity contribution is 7.10. The minimum absolute atomic E-state index is 0.371. The number of hydrogen-bond donors (Lipinski definition) is 0. The lowest BCUT2D eigenvalue weighted by atomic mass is 10.1. The summed E-state index contributed by atoms with van der Waals surface area (Å²) in [7, 11) is 8.24. The normalized spacial score (nSPS) is 15.3. The highest BCUT2D eigenvalue weighted by Crippen LogP contribution is 2.29. The number of rotatable bonds is 16.